The Hall–Kier alpha value is -3.40. The third-order valence-corrected chi connectivity index (χ3v) is 6.11. The Bertz CT molecular complexity index is 1120. The van der Waals surface area contributed by atoms with Crippen LogP contribution in [0.25, 0.3) is 16.7 Å². The van der Waals surface area contributed by atoms with E-state index in [1.807, 2.05) is 26.0 Å². The van der Waals surface area contributed by atoms with Gasteiger partial charge in [-0.3, -0.25) is 0 Å². The third kappa shape index (κ3) is 4.77. The Kier molecular flexibility index (Phi) is 6.48. The number of morpholine rings is 1. The average molecular weight is 467 g/mol. The first-order valence-electron chi connectivity index (χ1n) is 11.8. The Morgan fingerprint density at radius 1 is 1.03 bits per heavy atom. The van der Waals surface area contributed by atoms with Crippen molar-refractivity contribution in [2.45, 2.75) is 38.9 Å². The maximum absolute atomic E-state index is 12.1. The van der Waals surface area contributed by atoms with E-state index in [1.165, 1.54) is 12.0 Å². The first-order chi connectivity index (χ1) is 16.6. The lowest BCUT2D eigenvalue weighted by Gasteiger charge is -2.31. The van der Waals surface area contributed by atoms with E-state index < -0.39 is 0 Å². The van der Waals surface area contributed by atoms with E-state index in [0.29, 0.717) is 24.6 Å². The fraction of sp³-hybridized carbons (Fsp3) is 0.500. The van der Waals surface area contributed by atoms with Gasteiger partial charge in [0.05, 0.1) is 31.2 Å². The molecule has 10 heteroatoms. The number of piperidine rings is 1. The monoisotopic (exact) mass is 466 g/mol. The Balaban J connectivity index is 1.27. The topological polar surface area (TPSA) is 94.8 Å². The molecule has 34 heavy (non-hydrogen) atoms. The average Bonchev–Trinajstić information content (AvgIpc) is 3.30. The van der Waals surface area contributed by atoms with E-state index in [9.17, 15) is 4.79 Å². The molecule has 0 atom stereocenters. The Morgan fingerprint density at radius 3 is 2.44 bits per heavy atom. The first kappa shape index (κ1) is 22.4. The summed E-state index contributed by atoms with van der Waals surface area (Å²) in [6, 6.07) is 8.30. The van der Waals surface area contributed by atoms with Gasteiger partial charge in [0.25, 0.3) is 0 Å². The van der Waals surface area contributed by atoms with Crippen LogP contribution in [0.1, 0.15) is 26.7 Å². The number of ether oxygens (including phenoxy) is 3. The van der Waals surface area contributed by atoms with Gasteiger partial charge >= 0.3 is 6.09 Å². The van der Waals surface area contributed by atoms with Gasteiger partial charge in [-0.2, -0.15) is 5.10 Å². The van der Waals surface area contributed by atoms with E-state index in [1.54, 1.807) is 15.8 Å². The first-order valence-corrected chi connectivity index (χ1v) is 11.8. The summed E-state index contributed by atoms with van der Waals surface area (Å²) in [4.78, 5) is 25.0. The molecule has 0 bridgehead atoms. The van der Waals surface area contributed by atoms with Crippen molar-refractivity contribution in [3.05, 3.63) is 36.8 Å². The van der Waals surface area contributed by atoms with Gasteiger partial charge in [0, 0.05) is 44.7 Å². The molecule has 0 aliphatic carbocycles. The fourth-order valence-corrected chi connectivity index (χ4v) is 4.32. The Morgan fingerprint density at radius 2 is 1.74 bits per heavy atom. The molecule has 4 heterocycles. The highest BCUT2D eigenvalue weighted by atomic mass is 16.6. The van der Waals surface area contributed by atoms with E-state index in [-0.39, 0.29) is 18.3 Å². The van der Waals surface area contributed by atoms with Crippen LogP contribution in [-0.2, 0) is 9.47 Å². The molecule has 0 spiro atoms. The number of nitrogens with zero attached hydrogens (tertiary/aromatic N) is 6. The predicted molar refractivity (Wildman–Crippen MR) is 127 cm³/mol. The van der Waals surface area contributed by atoms with E-state index >= 15 is 0 Å². The zero-order valence-corrected chi connectivity index (χ0v) is 19.6. The number of carbonyl (C=O) groups is 1. The zero-order chi connectivity index (χ0) is 23.5. The molecular weight excluding hydrogens is 436 g/mol. The molecule has 3 aromatic rings. The number of fused-ring (bicyclic) bond motifs is 1. The molecule has 180 valence electrons. The highest BCUT2D eigenvalue weighted by molar-refractivity contribution is 5.81. The summed E-state index contributed by atoms with van der Waals surface area (Å²) in [5, 5.41) is 5.32. The van der Waals surface area contributed by atoms with Crippen molar-refractivity contribution in [3.63, 3.8) is 0 Å². The minimum Gasteiger partial charge on any atom is -0.474 e. The lowest BCUT2D eigenvalue weighted by atomic mass is 10.1. The molecular formula is C24H30N6O4. The van der Waals surface area contributed by atoms with Gasteiger partial charge in [-0.15, -0.1) is 0 Å². The lowest BCUT2D eigenvalue weighted by molar-refractivity contribution is 0.0511. The molecule has 1 aromatic carbocycles. The van der Waals surface area contributed by atoms with Crippen molar-refractivity contribution in [3.8, 4) is 11.6 Å². The summed E-state index contributed by atoms with van der Waals surface area (Å²) in [6.45, 7) is 8.21. The smallest absolute Gasteiger partial charge is 0.410 e. The molecule has 2 aliphatic rings. The summed E-state index contributed by atoms with van der Waals surface area (Å²) < 4.78 is 18.8. The van der Waals surface area contributed by atoms with Crippen molar-refractivity contribution < 1.29 is 19.0 Å². The molecule has 2 saturated heterocycles. The van der Waals surface area contributed by atoms with Crippen molar-refractivity contribution in [1.82, 2.24) is 24.6 Å². The molecule has 10 nitrogen and oxygen atoms in total. The summed E-state index contributed by atoms with van der Waals surface area (Å²) in [7, 11) is 0. The Labute approximate surface area is 198 Å². The quantitative estimate of drug-likeness (QED) is 0.566. The number of hydrogen-bond acceptors (Lipinski definition) is 8. The van der Waals surface area contributed by atoms with Crippen molar-refractivity contribution in [1.29, 1.82) is 0 Å². The second-order valence-electron chi connectivity index (χ2n) is 8.83. The highest BCUT2D eigenvalue weighted by Crippen LogP contribution is 2.27. The molecule has 2 fully saturated rings. The number of benzene rings is 1. The maximum Gasteiger partial charge on any atom is 0.410 e. The van der Waals surface area contributed by atoms with Gasteiger partial charge in [-0.1, -0.05) is 0 Å². The third-order valence-electron chi connectivity index (χ3n) is 6.11. The molecule has 2 aliphatic heterocycles. The fourth-order valence-electron chi connectivity index (χ4n) is 4.32. The number of rotatable bonds is 5. The van der Waals surface area contributed by atoms with Crippen LogP contribution in [0, 0.1) is 0 Å². The van der Waals surface area contributed by atoms with Gasteiger partial charge in [0.15, 0.2) is 5.65 Å². The number of amides is 1. The second kappa shape index (κ2) is 9.84. The second-order valence-corrected chi connectivity index (χ2v) is 8.83. The highest BCUT2D eigenvalue weighted by Gasteiger charge is 2.26. The van der Waals surface area contributed by atoms with Gasteiger partial charge in [0.2, 0.25) is 5.88 Å². The normalized spacial score (nSPS) is 17.4. The van der Waals surface area contributed by atoms with Crippen LogP contribution in [0.15, 0.2) is 36.8 Å². The predicted octanol–water partition coefficient (Wildman–Crippen LogP) is 3.04. The lowest BCUT2D eigenvalue weighted by Crippen LogP contribution is -2.42. The number of likely N-dealkylation sites (tertiary alicyclic amines) is 1. The summed E-state index contributed by atoms with van der Waals surface area (Å²) in [5.41, 5.74) is 2.79. The van der Waals surface area contributed by atoms with Crippen LogP contribution < -0.4 is 9.64 Å². The van der Waals surface area contributed by atoms with Crippen LogP contribution in [0.3, 0.4) is 0 Å². The number of carbonyl (C=O) groups excluding carboxylic acids is 1. The zero-order valence-electron chi connectivity index (χ0n) is 19.6. The van der Waals surface area contributed by atoms with Gasteiger partial charge in [-0.05, 0) is 38.1 Å². The number of aromatic nitrogens is 4. The van der Waals surface area contributed by atoms with Gasteiger partial charge in [0.1, 0.15) is 17.8 Å². The largest absolute Gasteiger partial charge is 0.474 e. The minimum absolute atomic E-state index is 0.0302. The van der Waals surface area contributed by atoms with Crippen molar-refractivity contribution in [2.24, 2.45) is 0 Å². The molecule has 0 unspecified atom stereocenters. The molecule has 0 N–H and O–H groups in total. The minimum atomic E-state index is -0.265. The molecule has 0 saturated carbocycles. The van der Waals surface area contributed by atoms with Crippen LogP contribution in [-0.4, -0.2) is 82.3 Å². The number of hydrogen-bond donors (Lipinski definition) is 0. The van der Waals surface area contributed by atoms with E-state index in [4.69, 9.17) is 14.2 Å². The summed E-state index contributed by atoms with van der Waals surface area (Å²) >= 11 is 0. The van der Waals surface area contributed by atoms with Crippen LogP contribution in [0.5, 0.6) is 5.88 Å². The van der Waals surface area contributed by atoms with Crippen molar-refractivity contribution in [2.75, 3.05) is 44.3 Å². The molecule has 2 aromatic heterocycles. The standard InChI is InChI=1S/C24H30N6O4/c1-17(2)33-24(31)29-9-7-20(8-10-29)34-23-21-15-27-30(22(21)25-16-26-23)19-5-3-18(4-6-19)28-11-13-32-14-12-28/h3-6,15-17,20H,7-14H2,1-2H3. The van der Waals surface area contributed by atoms with E-state index in [0.717, 1.165) is 50.2 Å². The van der Waals surface area contributed by atoms with Gasteiger partial charge in [-0.25, -0.2) is 19.4 Å². The van der Waals surface area contributed by atoms with Crippen LogP contribution in [0.4, 0.5) is 10.5 Å². The van der Waals surface area contributed by atoms with E-state index in [2.05, 4.69) is 32.1 Å². The maximum atomic E-state index is 12.1. The van der Waals surface area contributed by atoms with Gasteiger partial charge < -0.3 is 24.0 Å². The summed E-state index contributed by atoms with van der Waals surface area (Å²) in [5.74, 6) is 0.518. The molecule has 5 rings (SSSR count). The van der Waals surface area contributed by atoms with Crippen LogP contribution >= 0.6 is 0 Å². The number of anilines is 1. The SMILES string of the molecule is CC(C)OC(=O)N1CCC(Oc2ncnc3c2cnn3-c2ccc(N3CCOCC3)cc2)CC1. The molecule has 1 amide bonds. The molecule has 0 radical (unpaired) electrons. The van der Waals surface area contributed by atoms with Crippen LogP contribution in [0.2, 0.25) is 0 Å². The summed E-state index contributed by atoms with van der Waals surface area (Å²) in [6.07, 6.45) is 4.27. The van der Waals surface area contributed by atoms with Crippen molar-refractivity contribution >= 4 is 22.8 Å².